The molecule has 4 nitrogen and oxygen atoms in total. The number of alkyl halides is 3. The zero-order valence-corrected chi connectivity index (χ0v) is 42.7. The number of ether oxygens (including phenoxy) is 2. The van der Waals surface area contributed by atoms with Crippen molar-refractivity contribution in [3.05, 3.63) is 12.2 Å². The van der Waals surface area contributed by atoms with Crippen molar-refractivity contribution < 1.29 is 19.4 Å². The minimum atomic E-state index is -0.155. The summed E-state index contributed by atoms with van der Waals surface area (Å²) in [5.41, 5.74) is 2.52. The Balaban J connectivity index is 0.000000375. The molecule has 0 amide bonds. The van der Waals surface area contributed by atoms with Crippen molar-refractivity contribution in [2.45, 2.75) is 209 Å². The third-order valence-electron chi connectivity index (χ3n) is 13.9. The van der Waals surface area contributed by atoms with Crippen LogP contribution in [0.4, 0.5) is 0 Å². The first-order chi connectivity index (χ1) is 25.1. The summed E-state index contributed by atoms with van der Waals surface area (Å²) >= 11 is 6.70. The Hall–Kier alpha value is 1.32. The monoisotopic (exact) mass is 1080 g/mol. The minimum absolute atomic E-state index is 0.0264. The molecular formula is C46H85I3O4. The van der Waals surface area contributed by atoms with Gasteiger partial charge in [0.05, 0.1) is 14.6 Å². The van der Waals surface area contributed by atoms with Crippen molar-refractivity contribution in [1.29, 1.82) is 0 Å². The zero-order chi connectivity index (χ0) is 40.2. The molecule has 0 radical (unpaired) electrons. The van der Waals surface area contributed by atoms with Crippen LogP contribution in [-0.4, -0.2) is 43.4 Å². The number of rotatable bonds is 10. The molecule has 7 heteroatoms. The third kappa shape index (κ3) is 18.4. The van der Waals surface area contributed by atoms with Crippen molar-refractivity contribution in [2.75, 3.05) is 14.0 Å². The van der Waals surface area contributed by atoms with Gasteiger partial charge in [-0.1, -0.05) is 174 Å². The molecule has 9 unspecified atom stereocenters. The van der Waals surface area contributed by atoms with E-state index in [9.17, 15) is 9.90 Å². The van der Waals surface area contributed by atoms with Crippen molar-refractivity contribution >= 4 is 73.7 Å². The van der Waals surface area contributed by atoms with Gasteiger partial charge in [-0.2, -0.15) is 0 Å². The van der Waals surface area contributed by atoms with Crippen molar-refractivity contribution in [3.8, 4) is 0 Å². The summed E-state index contributed by atoms with van der Waals surface area (Å²) in [6.45, 7) is 25.7. The molecule has 1 N–H and O–H groups in total. The smallest absolute Gasteiger partial charge is 0.306 e. The lowest BCUT2D eigenvalue weighted by atomic mass is 9.64. The average Bonchev–Trinajstić information content (AvgIpc) is 3.10. The maximum absolute atomic E-state index is 11.5. The van der Waals surface area contributed by atoms with Crippen LogP contribution in [0, 0.1) is 45.8 Å². The Bertz CT molecular complexity index is 1010. The number of esters is 1. The predicted octanol–water partition coefficient (Wildman–Crippen LogP) is 15.1. The van der Waals surface area contributed by atoms with E-state index in [0.29, 0.717) is 46.5 Å². The van der Waals surface area contributed by atoms with Crippen LogP contribution in [0.3, 0.4) is 0 Å². The van der Waals surface area contributed by atoms with Gasteiger partial charge in [-0.15, -0.1) is 0 Å². The van der Waals surface area contributed by atoms with Crippen molar-refractivity contribution in [2.24, 2.45) is 45.8 Å². The van der Waals surface area contributed by atoms with Crippen LogP contribution in [0.1, 0.15) is 191 Å². The van der Waals surface area contributed by atoms with Gasteiger partial charge < -0.3 is 14.6 Å². The molecule has 3 saturated carbocycles. The quantitative estimate of drug-likeness (QED) is 0.103. The van der Waals surface area contributed by atoms with Crippen LogP contribution in [0.2, 0.25) is 0 Å². The van der Waals surface area contributed by atoms with E-state index in [1.807, 2.05) is 11.9 Å². The molecule has 0 aromatic rings. The average molecular weight is 1080 g/mol. The van der Waals surface area contributed by atoms with Gasteiger partial charge in [0, 0.05) is 18.9 Å². The fraction of sp³-hybridized carbons (Fsp3) is 0.935. The predicted molar refractivity (Wildman–Crippen MR) is 256 cm³/mol. The minimum Gasteiger partial charge on any atom is -0.462 e. The number of carbonyl (C=O) groups excluding carboxylic acids is 1. The molecule has 0 bridgehead atoms. The van der Waals surface area contributed by atoms with E-state index in [2.05, 4.69) is 130 Å². The van der Waals surface area contributed by atoms with Crippen molar-refractivity contribution in [3.63, 3.8) is 0 Å². The van der Waals surface area contributed by atoms with Crippen LogP contribution >= 0.6 is 67.8 Å². The van der Waals surface area contributed by atoms with Gasteiger partial charge in [0.1, 0.15) is 6.10 Å². The second kappa shape index (κ2) is 27.2. The van der Waals surface area contributed by atoms with E-state index in [1.54, 1.807) is 0 Å². The number of unbranched alkanes of at least 4 members (excludes halogenated alkanes) is 3. The van der Waals surface area contributed by atoms with Crippen molar-refractivity contribution in [1.82, 2.24) is 0 Å². The summed E-state index contributed by atoms with van der Waals surface area (Å²) in [7, 11) is 0. The molecule has 314 valence electrons. The second-order valence-corrected chi connectivity index (χ2v) is 23.2. The maximum Gasteiger partial charge on any atom is 0.306 e. The number of hydrogen-bond acceptors (Lipinski definition) is 4. The Kier molecular flexibility index (Phi) is 26.8. The third-order valence-corrected chi connectivity index (χ3v) is 13.9. The fourth-order valence-corrected chi connectivity index (χ4v) is 10.3. The summed E-state index contributed by atoms with van der Waals surface area (Å²) in [4.78, 5) is 13.5. The normalized spacial score (nSPS) is 37.5. The number of carbonyl (C=O) groups is 1. The van der Waals surface area contributed by atoms with E-state index < -0.39 is 0 Å². The SMILES string of the molecule is C=C(C)[C@@H]1CCC(C)(CCCC)C[C@H]1O.CCCCC1(C)CCC2C(C)CC(=O)OC2C1.CCCCC1(C)CCC2C(C)CCOC2C1.CI.ICI. The van der Waals surface area contributed by atoms with Gasteiger partial charge >= 0.3 is 5.97 Å². The van der Waals surface area contributed by atoms with Crippen LogP contribution in [0.5, 0.6) is 0 Å². The first-order valence-electron chi connectivity index (χ1n) is 21.7. The lowest BCUT2D eigenvalue weighted by Gasteiger charge is -2.47. The topological polar surface area (TPSA) is 55.8 Å². The number of aliphatic hydroxyl groups excluding tert-OH is 1. The first kappa shape index (κ1) is 52.3. The Labute approximate surface area is 370 Å². The molecule has 5 aliphatic rings. The van der Waals surface area contributed by atoms with Gasteiger partial charge in [-0.25, -0.2) is 0 Å². The van der Waals surface area contributed by atoms with Crippen LogP contribution < -0.4 is 0 Å². The molecule has 5 fully saturated rings. The standard InChI is InChI=1S/C15H26O2.C15H28O.C14H26O.CH2I2.CH3I/c1-4-5-7-15(3)8-6-12-11(2)9-14(16)17-13(12)10-15;1-4-5-8-15(3)9-6-13-12(2)7-10-16-14(13)11-15;1-5-6-8-14(4)9-7-12(11(2)3)13(15)10-14;2-1-3;1-2/h11-13H,4-10H2,1-3H3;12-14H,4-11H2,1-3H3;12-13,15H,2,5-10H2,1,3-4H3;1H2;1H3/t;;12-,13+,14?;;/m..0../s1. The number of halogens is 3. The Morgan fingerprint density at radius 2 is 1.19 bits per heavy atom. The van der Waals surface area contributed by atoms with Gasteiger partial charge in [0.15, 0.2) is 0 Å². The molecule has 2 saturated heterocycles. The molecule has 2 heterocycles. The molecule has 2 aliphatic heterocycles. The molecule has 0 aromatic heterocycles. The summed E-state index contributed by atoms with van der Waals surface area (Å²) < 4.78 is 12.8. The zero-order valence-electron chi connectivity index (χ0n) is 36.2. The van der Waals surface area contributed by atoms with E-state index in [0.717, 1.165) is 43.3 Å². The molecule has 0 spiro atoms. The largest absolute Gasteiger partial charge is 0.462 e. The van der Waals surface area contributed by atoms with Gasteiger partial charge in [-0.3, -0.25) is 4.79 Å². The summed E-state index contributed by atoms with van der Waals surface area (Å²) in [5, 5.41) is 10.1. The van der Waals surface area contributed by atoms with E-state index in [4.69, 9.17) is 9.47 Å². The molecular weight excluding hydrogens is 997 g/mol. The number of hydrogen-bond donors (Lipinski definition) is 1. The van der Waals surface area contributed by atoms with Crippen LogP contribution in [0.25, 0.3) is 0 Å². The number of aliphatic hydroxyl groups is 1. The van der Waals surface area contributed by atoms with Crippen LogP contribution in [0.15, 0.2) is 12.2 Å². The summed E-state index contributed by atoms with van der Waals surface area (Å²) in [6, 6.07) is 0. The van der Waals surface area contributed by atoms with Gasteiger partial charge in [-0.05, 0) is 135 Å². The van der Waals surface area contributed by atoms with E-state index >= 15 is 0 Å². The lowest BCUT2D eigenvalue weighted by Crippen LogP contribution is -2.45. The fourth-order valence-electron chi connectivity index (χ4n) is 10.3. The summed E-state index contributed by atoms with van der Waals surface area (Å²) in [6.07, 6.45) is 25.5. The molecule has 5 rings (SSSR count). The first-order valence-corrected chi connectivity index (χ1v) is 26.9. The van der Waals surface area contributed by atoms with E-state index in [1.165, 1.54) is 105 Å². The highest BCUT2D eigenvalue weighted by Crippen LogP contribution is 2.49. The molecule has 11 atom stereocenters. The van der Waals surface area contributed by atoms with E-state index in [-0.39, 0.29) is 18.2 Å². The lowest BCUT2D eigenvalue weighted by molar-refractivity contribution is -0.170. The number of fused-ring (bicyclic) bond motifs is 2. The van der Waals surface area contributed by atoms with Gasteiger partial charge in [0.25, 0.3) is 0 Å². The van der Waals surface area contributed by atoms with Gasteiger partial charge in [0.2, 0.25) is 0 Å². The second-order valence-electron chi connectivity index (χ2n) is 18.8. The molecule has 53 heavy (non-hydrogen) atoms. The highest BCUT2D eigenvalue weighted by Gasteiger charge is 2.45. The molecule has 0 aromatic carbocycles. The molecule has 3 aliphatic carbocycles. The Morgan fingerprint density at radius 3 is 1.64 bits per heavy atom. The Morgan fingerprint density at radius 1 is 0.755 bits per heavy atom. The maximum atomic E-state index is 11.5. The summed E-state index contributed by atoms with van der Waals surface area (Å²) in [5.74, 6) is 3.29. The highest BCUT2D eigenvalue weighted by atomic mass is 127. The van der Waals surface area contributed by atoms with Crippen LogP contribution in [-0.2, 0) is 14.3 Å². The highest BCUT2D eigenvalue weighted by molar-refractivity contribution is 14.2.